The molecule has 1 aromatic carbocycles. The molecule has 2 nitrogen and oxygen atoms in total. The van der Waals surface area contributed by atoms with Crippen LogP contribution in [-0.4, -0.2) is 11.0 Å². The number of benzene rings is 1. The van der Waals surface area contributed by atoms with Crippen molar-refractivity contribution in [1.82, 2.24) is 0 Å². The second-order valence-electron chi connectivity index (χ2n) is 5.76. The molecule has 0 aliphatic carbocycles. The summed E-state index contributed by atoms with van der Waals surface area (Å²) in [5, 5.41) is 3.54. The molecular formula is C16H26N2S. The van der Waals surface area contributed by atoms with E-state index in [2.05, 4.69) is 38.2 Å². The summed E-state index contributed by atoms with van der Waals surface area (Å²) in [6.07, 6.45) is 3.77. The van der Waals surface area contributed by atoms with Crippen LogP contribution >= 0.6 is 12.2 Å². The third kappa shape index (κ3) is 5.60. The number of nitrogens with two attached hydrogens (primary N) is 1. The zero-order valence-electron chi connectivity index (χ0n) is 12.5. The lowest BCUT2D eigenvalue weighted by molar-refractivity contribution is 0.520. The summed E-state index contributed by atoms with van der Waals surface area (Å²) in [5.41, 5.74) is 8.92. The van der Waals surface area contributed by atoms with E-state index in [1.165, 1.54) is 19.3 Å². The highest BCUT2D eigenvalue weighted by Crippen LogP contribution is 2.17. The number of aryl methyl sites for hydroxylation is 1. The molecule has 0 heterocycles. The summed E-state index contributed by atoms with van der Waals surface area (Å²) in [7, 11) is 0. The molecule has 3 heteroatoms. The molecule has 0 fully saturated rings. The predicted molar refractivity (Wildman–Crippen MR) is 88.8 cm³/mol. The van der Waals surface area contributed by atoms with Crippen molar-refractivity contribution in [2.45, 2.75) is 53.0 Å². The number of rotatable bonds is 7. The van der Waals surface area contributed by atoms with E-state index in [0.717, 1.165) is 22.7 Å². The molecule has 1 atom stereocenters. The summed E-state index contributed by atoms with van der Waals surface area (Å²) < 4.78 is 0. The number of thiocarbonyl (C=S) groups is 1. The average Bonchev–Trinajstić information content (AvgIpc) is 2.27. The van der Waals surface area contributed by atoms with Gasteiger partial charge in [0.15, 0.2) is 0 Å². The van der Waals surface area contributed by atoms with E-state index in [-0.39, 0.29) is 0 Å². The normalized spacial score (nSPS) is 12.5. The first-order valence-electron chi connectivity index (χ1n) is 7.07. The summed E-state index contributed by atoms with van der Waals surface area (Å²) in [6.45, 7) is 8.83. The number of hydrogen-bond acceptors (Lipinski definition) is 2. The fourth-order valence-electron chi connectivity index (χ4n) is 2.22. The predicted octanol–water partition coefficient (Wildman–Crippen LogP) is 4.26. The quantitative estimate of drug-likeness (QED) is 0.732. The Morgan fingerprint density at radius 3 is 2.47 bits per heavy atom. The molecule has 1 unspecified atom stereocenters. The van der Waals surface area contributed by atoms with Crippen LogP contribution < -0.4 is 11.1 Å². The Morgan fingerprint density at radius 1 is 1.26 bits per heavy atom. The Hall–Kier alpha value is -1.09. The van der Waals surface area contributed by atoms with E-state index in [9.17, 15) is 0 Å². The summed E-state index contributed by atoms with van der Waals surface area (Å²) in [4.78, 5) is 0.467. The molecule has 3 N–H and O–H groups in total. The van der Waals surface area contributed by atoms with E-state index in [4.69, 9.17) is 18.0 Å². The zero-order valence-corrected chi connectivity index (χ0v) is 13.3. The Labute approximate surface area is 122 Å². The first-order valence-corrected chi connectivity index (χ1v) is 7.48. The molecule has 19 heavy (non-hydrogen) atoms. The van der Waals surface area contributed by atoms with Crippen LogP contribution in [0.25, 0.3) is 0 Å². The minimum atomic E-state index is 0.467. The van der Waals surface area contributed by atoms with Gasteiger partial charge in [-0.15, -0.1) is 0 Å². The van der Waals surface area contributed by atoms with Crippen LogP contribution in [0.4, 0.5) is 5.69 Å². The van der Waals surface area contributed by atoms with E-state index < -0.39 is 0 Å². The first kappa shape index (κ1) is 16.0. The fraction of sp³-hybridized carbons (Fsp3) is 0.562. The summed E-state index contributed by atoms with van der Waals surface area (Å²) >= 11 is 5.02. The van der Waals surface area contributed by atoms with Crippen molar-refractivity contribution in [3.63, 3.8) is 0 Å². The van der Waals surface area contributed by atoms with Crippen LogP contribution in [-0.2, 0) is 0 Å². The second kappa shape index (κ2) is 7.49. The minimum Gasteiger partial charge on any atom is -0.389 e. The van der Waals surface area contributed by atoms with Crippen LogP contribution in [0, 0.1) is 12.8 Å². The van der Waals surface area contributed by atoms with Gasteiger partial charge in [-0.1, -0.05) is 38.9 Å². The van der Waals surface area contributed by atoms with Gasteiger partial charge < -0.3 is 11.1 Å². The lowest BCUT2D eigenvalue weighted by Gasteiger charge is -2.17. The SMILES string of the molecule is Cc1cc(NC(C)CCCC(C)C)ccc1C(N)=S. The van der Waals surface area contributed by atoms with E-state index in [0.29, 0.717) is 11.0 Å². The van der Waals surface area contributed by atoms with Crippen molar-refractivity contribution in [3.8, 4) is 0 Å². The van der Waals surface area contributed by atoms with Gasteiger partial charge in [-0.2, -0.15) is 0 Å². The largest absolute Gasteiger partial charge is 0.389 e. The van der Waals surface area contributed by atoms with Crippen molar-refractivity contribution in [2.24, 2.45) is 11.7 Å². The molecular weight excluding hydrogens is 252 g/mol. The Kier molecular flexibility index (Phi) is 6.29. The van der Waals surface area contributed by atoms with E-state index >= 15 is 0 Å². The van der Waals surface area contributed by atoms with Gasteiger partial charge in [-0.25, -0.2) is 0 Å². The Balaban J connectivity index is 2.53. The highest BCUT2D eigenvalue weighted by atomic mass is 32.1. The number of anilines is 1. The highest BCUT2D eigenvalue weighted by molar-refractivity contribution is 7.80. The van der Waals surface area contributed by atoms with Crippen LogP contribution in [0.15, 0.2) is 18.2 Å². The maximum absolute atomic E-state index is 5.67. The molecule has 106 valence electrons. The standard InChI is InChI=1S/C16H26N2S/c1-11(2)6-5-7-13(4)18-14-8-9-15(16(17)19)12(3)10-14/h8-11,13,18H,5-7H2,1-4H3,(H2,17,19). The van der Waals surface area contributed by atoms with Gasteiger partial charge in [-0.05, 0) is 49.9 Å². The Bertz CT molecular complexity index is 427. The third-order valence-corrected chi connectivity index (χ3v) is 3.54. The maximum atomic E-state index is 5.67. The van der Waals surface area contributed by atoms with Gasteiger partial charge in [-0.3, -0.25) is 0 Å². The molecule has 1 aromatic rings. The van der Waals surface area contributed by atoms with E-state index in [1.807, 2.05) is 13.0 Å². The molecule has 0 radical (unpaired) electrons. The smallest absolute Gasteiger partial charge is 0.104 e. The molecule has 0 amide bonds. The van der Waals surface area contributed by atoms with Crippen molar-refractivity contribution >= 4 is 22.9 Å². The Morgan fingerprint density at radius 2 is 1.95 bits per heavy atom. The van der Waals surface area contributed by atoms with Gasteiger partial charge in [0, 0.05) is 17.3 Å². The lowest BCUT2D eigenvalue weighted by Crippen LogP contribution is -2.16. The van der Waals surface area contributed by atoms with Gasteiger partial charge in [0.25, 0.3) is 0 Å². The van der Waals surface area contributed by atoms with Crippen molar-refractivity contribution in [3.05, 3.63) is 29.3 Å². The fourth-order valence-corrected chi connectivity index (χ4v) is 2.45. The van der Waals surface area contributed by atoms with Crippen LogP contribution in [0.1, 0.15) is 51.2 Å². The third-order valence-electron chi connectivity index (χ3n) is 3.32. The van der Waals surface area contributed by atoms with Gasteiger partial charge >= 0.3 is 0 Å². The van der Waals surface area contributed by atoms with Gasteiger partial charge in [0.2, 0.25) is 0 Å². The molecule has 0 aromatic heterocycles. The second-order valence-corrected chi connectivity index (χ2v) is 6.20. The van der Waals surface area contributed by atoms with Crippen molar-refractivity contribution in [2.75, 3.05) is 5.32 Å². The topological polar surface area (TPSA) is 38.0 Å². The van der Waals surface area contributed by atoms with E-state index in [1.54, 1.807) is 0 Å². The van der Waals surface area contributed by atoms with Crippen LogP contribution in [0.3, 0.4) is 0 Å². The molecule has 0 aliphatic rings. The molecule has 0 spiro atoms. The maximum Gasteiger partial charge on any atom is 0.104 e. The van der Waals surface area contributed by atoms with Crippen LogP contribution in [0.2, 0.25) is 0 Å². The lowest BCUT2D eigenvalue weighted by atomic mass is 10.0. The summed E-state index contributed by atoms with van der Waals surface area (Å²) in [6, 6.07) is 6.67. The van der Waals surface area contributed by atoms with Gasteiger partial charge in [0.1, 0.15) is 4.99 Å². The average molecular weight is 278 g/mol. The monoisotopic (exact) mass is 278 g/mol. The summed E-state index contributed by atoms with van der Waals surface area (Å²) in [5.74, 6) is 0.791. The first-order chi connectivity index (χ1) is 8.90. The molecule has 0 saturated heterocycles. The number of nitrogens with one attached hydrogen (secondary N) is 1. The highest BCUT2D eigenvalue weighted by Gasteiger charge is 2.06. The van der Waals surface area contributed by atoms with Crippen molar-refractivity contribution < 1.29 is 0 Å². The van der Waals surface area contributed by atoms with Crippen molar-refractivity contribution in [1.29, 1.82) is 0 Å². The number of hydrogen-bond donors (Lipinski definition) is 2. The minimum absolute atomic E-state index is 0.467. The molecule has 0 bridgehead atoms. The van der Waals surface area contributed by atoms with Gasteiger partial charge in [0.05, 0.1) is 0 Å². The molecule has 0 aliphatic heterocycles. The zero-order chi connectivity index (χ0) is 14.4. The molecule has 1 rings (SSSR count). The van der Waals surface area contributed by atoms with Crippen LogP contribution in [0.5, 0.6) is 0 Å². The molecule has 0 saturated carbocycles.